The summed E-state index contributed by atoms with van der Waals surface area (Å²) < 4.78 is 0. The van der Waals surface area contributed by atoms with Crippen molar-refractivity contribution in [1.29, 1.82) is 0 Å². The Balaban J connectivity index is 4.25. The van der Waals surface area contributed by atoms with Crippen LogP contribution < -0.4 is 16.8 Å². The summed E-state index contributed by atoms with van der Waals surface area (Å²) in [4.78, 5) is 0. The Morgan fingerprint density at radius 1 is 1.54 bits per heavy atom. The average molecular weight is 183 g/mol. The molecule has 0 aliphatic carbocycles. The minimum Gasteiger partial charge on any atom is -0.403 e. The highest BCUT2D eigenvalue weighted by Gasteiger charge is 2.12. The maximum Gasteiger partial charge on any atom is 0.0347 e. The van der Waals surface area contributed by atoms with E-state index in [1.165, 1.54) is 0 Å². The van der Waals surface area contributed by atoms with Crippen LogP contribution in [0.1, 0.15) is 20.3 Å². The zero-order valence-corrected chi connectivity index (χ0v) is 8.59. The Hall–Kier alpha value is -0.960. The lowest BCUT2D eigenvalue weighted by Gasteiger charge is -2.19. The van der Waals surface area contributed by atoms with Crippen molar-refractivity contribution in [3.63, 3.8) is 0 Å². The fraction of sp³-hybridized carbons (Fsp3) is 0.600. The molecule has 0 aromatic carbocycles. The van der Waals surface area contributed by atoms with E-state index in [4.69, 9.17) is 11.5 Å². The number of nitrogens with one attached hydrogen (secondary N) is 1. The molecule has 0 rings (SSSR count). The molecule has 1 atom stereocenters. The molecular weight excluding hydrogens is 162 g/mol. The second-order valence-electron chi connectivity index (χ2n) is 3.53. The van der Waals surface area contributed by atoms with Crippen LogP contribution in [0.15, 0.2) is 24.7 Å². The summed E-state index contributed by atoms with van der Waals surface area (Å²) in [5.41, 5.74) is 12.1. The second-order valence-corrected chi connectivity index (χ2v) is 3.53. The zero-order valence-electron chi connectivity index (χ0n) is 8.59. The first-order chi connectivity index (χ1) is 6.15. The molecule has 0 aliphatic heterocycles. The van der Waals surface area contributed by atoms with Gasteiger partial charge in [-0.25, -0.2) is 0 Å². The third-order valence-corrected chi connectivity index (χ3v) is 1.93. The molecule has 13 heavy (non-hydrogen) atoms. The number of hydrogen-bond acceptors (Lipinski definition) is 3. The van der Waals surface area contributed by atoms with Crippen molar-refractivity contribution < 1.29 is 0 Å². The predicted molar refractivity (Wildman–Crippen MR) is 57.6 cm³/mol. The third-order valence-electron chi connectivity index (χ3n) is 1.93. The Morgan fingerprint density at radius 2 is 2.15 bits per heavy atom. The summed E-state index contributed by atoms with van der Waals surface area (Å²) in [7, 11) is 0. The van der Waals surface area contributed by atoms with E-state index >= 15 is 0 Å². The van der Waals surface area contributed by atoms with Crippen molar-refractivity contribution in [1.82, 2.24) is 5.32 Å². The van der Waals surface area contributed by atoms with E-state index in [-0.39, 0.29) is 0 Å². The van der Waals surface area contributed by atoms with Crippen LogP contribution in [0.25, 0.3) is 0 Å². The topological polar surface area (TPSA) is 64.1 Å². The molecule has 0 aliphatic rings. The monoisotopic (exact) mass is 183 g/mol. The molecule has 3 heteroatoms. The largest absolute Gasteiger partial charge is 0.403 e. The van der Waals surface area contributed by atoms with Gasteiger partial charge in [-0.1, -0.05) is 20.4 Å². The van der Waals surface area contributed by atoms with Crippen LogP contribution in [0.2, 0.25) is 0 Å². The fourth-order valence-corrected chi connectivity index (χ4v) is 1.34. The van der Waals surface area contributed by atoms with E-state index in [1.807, 2.05) is 0 Å². The van der Waals surface area contributed by atoms with Gasteiger partial charge in [-0.2, -0.15) is 0 Å². The Labute approximate surface area is 80.9 Å². The van der Waals surface area contributed by atoms with Crippen LogP contribution in [0.5, 0.6) is 0 Å². The highest BCUT2D eigenvalue weighted by atomic mass is 14.9. The molecule has 0 saturated heterocycles. The predicted octanol–water partition coefficient (Wildman–Crippen LogP) is 1.14. The highest BCUT2D eigenvalue weighted by Crippen LogP contribution is 2.16. The lowest BCUT2D eigenvalue weighted by atomic mass is 9.94. The maximum absolute atomic E-state index is 5.66. The minimum absolute atomic E-state index is 0.308. The molecule has 0 heterocycles. The van der Waals surface area contributed by atoms with E-state index in [9.17, 15) is 0 Å². The van der Waals surface area contributed by atoms with Gasteiger partial charge in [0.1, 0.15) is 0 Å². The van der Waals surface area contributed by atoms with E-state index in [0.717, 1.165) is 12.1 Å². The normalized spacial score (nSPS) is 14.3. The third kappa shape index (κ3) is 4.58. The van der Waals surface area contributed by atoms with Crippen LogP contribution in [-0.4, -0.2) is 6.54 Å². The van der Waals surface area contributed by atoms with Gasteiger partial charge in [0.25, 0.3) is 0 Å². The van der Waals surface area contributed by atoms with Gasteiger partial charge in [-0.15, -0.1) is 0 Å². The molecule has 0 fully saturated rings. The van der Waals surface area contributed by atoms with Gasteiger partial charge in [0.05, 0.1) is 0 Å². The van der Waals surface area contributed by atoms with Crippen LogP contribution >= 0.6 is 0 Å². The summed E-state index contributed by atoms with van der Waals surface area (Å²) >= 11 is 0. The van der Waals surface area contributed by atoms with Gasteiger partial charge in [-0.3, -0.25) is 0 Å². The first kappa shape index (κ1) is 12.0. The van der Waals surface area contributed by atoms with Gasteiger partial charge in [0, 0.05) is 24.4 Å². The molecule has 0 spiro atoms. The molecule has 0 amide bonds. The zero-order chi connectivity index (χ0) is 10.3. The average Bonchev–Trinajstić information content (AvgIpc) is 2.10. The van der Waals surface area contributed by atoms with Crippen molar-refractivity contribution in [3.05, 3.63) is 24.7 Å². The molecule has 0 saturated carbocycles. The van der Waals surface area contributed by atoms with Crippen molar-refractivity contribution >= 4 is 0 Å². The number of hydrogen-bond donors (Lipinski definition) is 3. The lowest BCUT2D eigenvalue weighted by Crippen LogP contribution is -2.25. The van der Waals surface area contributed by atoms with Crippen LogP contribution in [0, 0.1) is 11.8 Å². The van der Waals surface area contributed by atoms with Crippen molar-refractivity contribution in [2.24, 2.45) is 23.3 Å². The summed E-state index contributed by atoms with van der Waals surface area (Å²) in [6, 6.07) is 0. The maximum atomic E-state index is 5.66. The summed E-state index contributed by atoms with van der Waals surface area (Å²) in [6.45, 7) is 8.55. The Morgan fingerprint density at radius 3 is 2.46 bits per heavy atom. The number of rotatable bonds is 6. The number of nitrogens with two attached hydrogens (primary N) is 2. The van der Waals surface area contributed by atoms with E-state index < -0.39 is 0 Å². The van der Waals surface area contributed by atoms with Crippen molar-refractivity contribution in [2.75, 3.05) is 6.54 Å². The van der Waals surface area contributed by atoms with Gasteiger partial charge in [0.2, 0.25) is 0 Å². The Bertz CT molecular complexity index is 173. The summed E-state index contributed by atoms with van der Waals surface area (Å²) in [6.07, 6.45) is 4.24. The molecule has 0 aromatic rings. The molecule has 3 nitrogen and oxygen atoms in total. The van der Waals surface area contributed by atoms with E-state index in [2.05, 4.69) is 25.7 Å². The van der Waals surface area contributed by atoms with Crippen LogP contribution in [0.3, 0.4) is 0 Å². The van der Waals surface area contributed by atoms with Gasteiger partial charge >= 0.3 is 0 Å². The molecule has 76 valence electrons. The summed E-state index contributed by atoms with van der Waals surface area (Å²) in [5.74, 6) is 0.929. The standard InChI is InChI=1S/C10H21N3/c1-4-13-10(7-12)9(6-11)5-8(2)3/h4,7-9,13H,1,5-6,11-12H2,2-3H3/b10-7-. The molecule has 1 unspecified atom stereocenters. The molecule has 0 aromatic heterocycles. The van der Waals surface area contributed by atoms with Crippen molar-refractivity contribution in [3.8, 4) is 0 Å². The Kier molecular flexibility index (Phi) is 6.06. The van der Waals surface area contributed by atoms with Gasteiger partial charge in [-0.05, 0) is 18.5 Å². The van der Waals surface area contributed by atoms with Gasteiger partial charge in [0.15, 0.2) is 0 Å². The first-order valence-corrected chi connectivity index (χ1v) is 4.65. The SMILES string of the molecule is C=CN/C(=C\N)C(CN)CC(C)C. The minimum atomic E-state index is 0.308. The van der Waals surface area contributed by atoms with E-state index in [0.29, 0.717) is 18.4 Å². The second kappa shape index (κ2) is 6.54. The van der Waals surface area contributed by atoms with Crippen LogP contribution in [0.4, 0.5) is 0 Å². The molecular formula is C10H21N3. The fourth-order valence-electron chi connectivity index (χ4n) is 1.34. The first-order valence-electron chi connectivity index (χ1n) is 4.65. The van der Waals surface area contributed by atoms with E-state index in [1.54, 1.807) is 12.4 Å². The van der Waals surface area contributed by atoms with Crippen LogP contribution in [-0.2, 0) is 0 Å². The van der Waals surface area contributed by atoms with Crippen molar-refractivity contribution in [2.45, 2.75) is 20.3 Å². The quantitative estimate of drug-likeness (QED) is 0.578. The smallest absolute Gasteiger partial charge is 0.0347 e. The molecule has 5 N–H and O–H groups in total. The molecule has 0 radical (unpaired) electrons. The summed E-state index contributed by atoms with van der Waals surface area (Å²) in [5, 5.41) is 3.01. The van der Waals surface area contributed by atoms with Gasteiger partial charge < -0.3 is 16.8 Å². The molecule has 0 bridgehead atoms. The highest BCUT2D eigenvalue weighted by molar-refractivity contribution is 5.06. The lowest BCUT2D eigenvalue weighted by molar-refractivity contribution is 0.452.